The second kappa shape index (κ2) is 9.92. The number of hydrogen-bond donors (Lipinski definition) is 2. The Morgan fingerprint density at radius 2 is 2.16 bits per heavy atom. The lowest BCUT2D eigenvalue weighted by molar-refractivity contribution is 0.0661. The van der Waals surface area contributed by atoms with Crippen LogP contribution in [-0.2, 0) is 9.47 Å². The predicted molar refractivity (Wildman–Crippen MR) is 122 cm³/mol. The summed E-state index contributed by atoms with van der Waals surface area (Å²) in [5, 5.41) is 13.3. The van der Waals surface area contributed by atoms with Crippen LogP contribution < -0.4 is 11.1 Å². The first-order valence-corrected chi connectivity index (χ1v) is 11.4. The van der Waals surface area contributed by atoms with Crippen molar-refractivity contribution in [2.24, 2.45) is 11.7 Å². The van der Waals surface area contributed by atoms with E-state index < -0.39 is 0 Å². The van der Waals surface area contributed by atoms with Crippen molar-refractivity contribution in [1.82, 2.24) is 14.9 Å². The summed E-state index contributed by atoms with van der Waals surface area (Å²) in [6.07, 6.45) is 10.8. The molecule has 0 bridgehead atoms. The van der Waals surface area contributed by atoms with Gasteiger partial charge in [-0.3, -0.25) is 0 Å². The van der Waals surface area contributed by atoms with Gasteiger partial charge < -0.3 is 25.1 Å². The Bertz CT molecular complexity index is 1010. The summed E-state index contributed by atoms with van der Waals surface area (Å²) in [4.78, 5) is 4.12. The highest BCUT2D eigenvalue weighted by Gasteiger charge is 2.40. The molecule has 0 amide bonds. The molecule has 7 nitrogen and oxygen atoms in total. The van der Waals surface area contributed by atoms with Gasteiger partial charge in [-0.05, 0) is 37.0 Å². The number of unbranched alkanes of at least 4 members (excludes halogenated alkanes) is 1. The lowest BCUT2D eigenvalue weighted by atomic mass is 9.74. The largest absolute Gasteiger partial charge is 0.425 e. The molecule has 0 spiro atoms. The predicted octanol–water partition coefficient (Wildman–Crippen LogP) is 4.10. The molecule has 1 aromatic carbocycles. The second-order valence-electron chi connectivity index (χ2n) is 8.32. The van der Waals surface area contributed by atoms with Crippen molar-refractivity contribution in [2.45, 2.75) is 51.0 Å². The number of nitriles is 1. The topological polar surface area (TPSA) is 98.1 Å². The first-order chi connectivity index (χ1) is 15.7. The van der Waals surface area contributed by atoms with Crippen LogP contribution in [-0.4, -0.2) is 29.3 Å². The quantitative estimate of drug-likeness (QED) is 0.650. The van der Waals surface area contributed by atoms with Gasteiger partial charge in [0.05, 0.1) is 18.3 Å². The Morgan fingerprint density at radius 1 is 1.34 bits per heavy atom. The number of benzene rings is 1. The average molecular weight is 434 g/mol. The van der Waals surface area contributed by atoms with E-state index in [1.807, 2.05) is 29.9 Å². The maximum atomic E-state index is 10.0. The number of allylic oxidation sites excluding steroid dienone is 1. The van der Waals surface area contributed by atoms with Crippen molar-refractivity contribution in [2.75, 3.05) is 13.7 Å². The average Bonchev–Trinajstić information content (AvgIpc) is 3.54. The van der Waals surface area contributed by atoms with Crippen LogP contribution in [0.5, 0.6) is 0 Å². The number of nitrogens with two attached hydrogens (primary N) is 1. The molecule has 1 saturated heterocycles. The number of hydrogen-bond acceptors (Lipinski definition) is 6. The SMILES string of the molecule is CCCCC(C1=C(NC)OC(N)=C(C#N)C1c1ccc(-n2ccnc2)cc1)C1CCCO1. The Kier molecular flexibility index (Phi) is 6.81. The first kappa shape index (κ1) is 22.0. The maximum absolute atomic E-state index is 10.0. The van der Waals surface area contributed by atoms with Gasteiger partial charge >= 0.3 is 0 Å². The van der Waals surface area contributed by atoms with Gasteiger partial charge in [-0.2, -0.15) is 5.26 Å². The molecule has 32 heavy (non-hydrogen) atoms. The maximum Gasteiger partial charge on any atom is 0.207 e. The molecule has 0 saturated carbocycles. The zero-order valence-corrected chi connectivity index (χ0v) is 18.8. The van der Waals surface area contributed by atoms with E-state index in [1.165, 1.54) is 0 Å². The van der Waals surface area contributed by atoms with Gasteiger partial charge in [-0.25, -0.2) is 4.98 Å². The molecule has 168 valence electrons. The smallest absolute Gasteiger partial charge is 0.207 e. The molecule has 7 heteroatoms. The highest BCUT2D eigenvalue weighted by Crippen LogP contribution is 2.46. The summed E-state index contributed by atoms with van der Waals surface area (Å²) in [5.74, 6) is 0.668. The van der Waals surface area contributed by atoms with Crippen molar-refractivity contribution in [3.05, 3.63) is 71.5 Å². The summed E-state index contributed by atoms with van der Waals surface area (Å²) in [6, 6.07) is 10.5. The molecule has 0 aliphatic carbocycles. The van der Waals surface area contributed by atoms with Gasteiger partial charge in [-0.1, -0.05) is 31.9 Å². The molecular weight excluding hydrogens is 402 g/mol. The number of nitrogens with zero attached hydrogens (tertiary/aromatic N) is 3. The summed E-state index contributed by atoms with van der Waals surface area (Å²) in [5.41, 5.74) is 9.76. The van der Waals surface area contributed by atoms with E-state index in [0.717, 1.165) is 55.5 Å². The summed E-state index contributed by atoms with van der Waals surface area (Å²) in [6.45, 7) is 2.98. The van der Waals surface area contributed by atoms with E-state index in [2.05, 4.69) is 35.4 Å². The minimum Gasteiger partial charge on any atom is -0.425 e. The summed E-state index contributed by atoms with van der Waals surface area (Å²) in [7, 11) is 1.84. The van der Waals surface area contributed by atoms with E-state index in [-0.39, 0.29) is 23.8 Å². The fourth-order valence-corrected chi connectivity index (χ4v) is 4.83. The third kappa shape index (κ3) is 4.23. The Labute approximate surface area is 189 Å². The summed E-state index contributed by atoms with van der Waals surface area (Å²) < 4.78 is 14.0. The monoisotopic (exact) mass is 433 g/mol. The fourth-order valence-electron chi connectivity index (χ4n) is 4.83. The van der Waals surface area contributed by atoms with E-state index in [4.69, 9.17) is 15.2 Å². The van der Waals surface area contributed by atoms with E-state index in [9.17, 15) is 5.26 Å². The van der Waals surface area contributed by atoms with Crippen LogP contribution in [0, 0.1) is 17.2 Å². The van der Waals surface area contributed by atoms with Gasteiger partial charge in [0.2, 0.25) is 5.88 Å². The van der Waals surface area contributed by atoms with Gasteiger partial charge in [0, 0.05) is 43.2 Å². The van der Waals surface area contributed by atoms with Gasteiger partial charge in [0.25, 0.3) is 0 Å². The van der Waals surface area contributed by atoms with Gasteiger partial charge in [-0.15, -0.1) is 0 Å². The zero-order chi connectivity index (χ0) is 22.5. The molecule has 3 atom stereocenters. The Morgan fingerprint density at radius 3 is 2.75 bits per heavy atom. The van der Waals surface area contributed by atoms with Crippen LogP contribution in [0.25, 0.3) is 5.69 Å². The van der Waals surface area contributed by atoms with Crippen molar-refractivity contribution in [3.63, 3.8) is 0 Å². The number of imidazole rings is 1. The molecule has 2 aliphatic rings. The molecule has 4 rings (SSSR count). The van der Waals surface area contributed by atoms with E-state index >= 15 is 0 Å². The van der Waals surface area contributed by atoms with Gasteiger partial charge in [0.15, 0.2) is 5.88 Å². The highest BCUT2D eigenvalue weighted by atomic mass is 16.5. The number of aromatic nitrogens is 2. The van der Waals surface area contributed by atoms with Crippen molar-refractivity contribution < 1.29 is 9.47 Å². The van der Waals surface area contributed by atoms with Crippen LogP contribution in [0.15, 0.2) is 65.9 Å². The number of rotatable bonds is 8. The minimum atomic E-state index is -0.279. The highest BCUT2D eigenvalue weighted by molar-refractivity contribution is 5.51. The van der Waals surface area contributed by atoms with Crippen LogP contribution >= 0.6 is 0 Å². The molecule has 1 aromatic heterocycles. The van der Waals surface area contributed by atoms with Crippen molar-refractivity contribution >= 4 is 0 Å². The third-order valence-electron chi connectivity index (χ3n) is 6.40. The first-order valence-electron chi connectivity index (χ1n) is 11.4. The van der Waals surface area contributed by atoms with Crippen LogP contribution in [0.1, 0.15) is 50.5 Å². The van der Waals surface area contributed by atoms with Crippen molar-refractivity contribution in [1.29, 1.82) is 5.26 Å². The Hall–Kier alpha value is -3.24. The minimum absolute atomic E-state index is 0.121. The normalized spacial score (nSPS) is 21.9. The van der Waals surface area contributed by atoms with Gasteiger partial charge in [0.1, 0.15) is 11.6 Å². The number of nitrogens with one attached hydrogen (secondary N) is 1. The number of ether oxygens (including phenoxy) is 2. The molecule has 3 N–H and O–H groups in total. The third-order valence-corrected chi connectivity index (χ3v) is 6.40. The van der Waals surface area contributed by atoms with Crippen LogP contribution in [0.2, 0.25) is 0 Å². The molecule has 3 unspecified atom stereocenters. The molecule has 2 aliphatic heterocycles. The van der Waals surface area contributed by atoms with Crippen molar-refractivity contribution in [3.8, 4) is 11.8 Å². The second-order valence-corrected chi connectivity index (χ2v) is 8.32. The standard InChI is InChI=1S/C25H31N5O2/c1-3-4-6-19(21-7-5-14-31-21)23-22(20(15-26)24(27)32-25(23)28-2)17-8-10-18(11-9-17)30-13-12-29-16-30/h8-13,16,19,21-22,28H,3-7,14,27H2,1-2H3. The summed E-state index contributed by atoms with van der Waals surface area (Å²) >= 11 is 0. The molecular formula is C25H31N5O2. The van der Waals surface area contributed by atoms with E-state index in [1.54, 1.807) is 12.5 Å². The fraction of sp³-hybridized carbons (Fsp3) is 0.440. The molecule has 3 heterocycles. The molecule has 1 fully saturated rings. The lowest BCUT2D eigenvalue weighted by Gasteiger charge is -2.36. The lowest BCUT2D eigenvalue weighted by Crippen LogP contribution is -2.33. The Balaban J connectivity index is 1.79. The van der Waals surface area contributed by atoms with Crippen LogP contribution in [0.4, 0.5) is 0 Å². The molecule has 0 radical (unpaired) electrons. The molecule has 2 aromatic rings. The van der Waals surface area contributed by atoms with E-state index in [0.29, 0.717) is 11.5 Å². The van der Waals surface area contributed by atoms with Crippen LogP contribution in [0.3, 0.4) is 0 Å². The zero-order valence-electron chi connectivity index (χ0n) is 18.8.